The summed E-state index contributed by atoms with van der Waals surface area (Å²) in [6.45, 7) is 4.03. The van der Waals surface area contributed by atoms with Crippen LogP contribution in [-0.2, 0) is 21.2 Å². The maximum atomic E-state index is 12.1. The molecule has 0 atom stereocenters. The largest absolute Gasteiger partial charge is 0.326 e. The number of carbonyl (C=O) groups is 1. The Morgan fingerprint density at radius 1 is 1.04 bits per heavy atom. The number of rotatable bonds is 5. The molecule has 5 nitrogen and oxygen atoms in total. The van der Waals surface area contributed by atoms with Crippen LogP contribution in [-0.4, -0.2) is 27.6 Å². The molecular formula is C18H22N2O3S. The molecule has 1 amide bonds. The van der Waals surface area contributed by atoms with Crippen LogP contribution in [0.15, 0.2) is 42.5 Å². The first-order valence-electron chi connectivity index (χ1n) is 7.57. The van der Waals surface area contributed by atoms with Crippen molar-refractivity contribution in [3.05, 3.63) is 59.2 Å². The fourth-order valence-corrected chi connectivity index (χ4v) is 2.73. The van der Waals surface area contributed by atoms with Gasteiger partial charge in [0.25, 0.3) is 0 Å². The number of benzene rings is 2. The highest BCUT2D eigenvalue weighted by Gasteiger charge is 2.12. The zero-order chi connectivity index (χ0) is 17.9. The van der Waals surface area contributed by atoms with Crippen molar-refractivity contribution in [2.75, 3.05) is 22.9 Å². The summed E-state index contributed by atoms with van der Waals surface area (Å²) in [7, 11) is -1.79. The van der Waals surface area contributed by atoms with Gasteiger partial charge in [-0.3, -0.25) is 9.10 Å². The third-order valence-electron chi connectivity index (χ3n) is 3.95. The van der Waals surface area contributed by atoms with Gasteiger partial charge in [-0.1, -0.05) is 18.2 Å². The fraction of sp³-hybridized carbons (Fsp3) is 0.278. The van der Waals surface area contributed by atoms with E-state index >= 15 is 0 Å². The van der Waals surface area contributed by atoms with Crippen LogP contribution in [0.4, 0.5) is 11.4 Å². The molecule has 0 saturated heterocycles. The molecule has 2 aromatic carbocycles. The molecule has 0 spiro atoms. The Morgan fingerprint density at radius 3 is 2.21 bits per heavy atom. The van der Waals surface area contributed by atoms with Crippen molar-refractivity contribution in [1.82, 2.24) is 0 Å². The molecule has 2 aromatic rings. The van der Waals surface area contributed by atoms with E-state index in [1.165, 1.54) is 16.9 Å². The van der Waals surface area contributed by atoms with Crippen molar-refractivity contribution >= 4 is 27.3 Å². The van der Waals surface area contributed by atoms with Gasteiger partial charge in [-0.15, -0.1) is 0 Å². The fourth-order valence-electron chi connectivity index (χ4n) is 2.22. The van der Waals surface area contributed by atoms with E-state index in [9.17, 15) is 13.2 Å². The van der Waals surface area contributed by atoms with Crippen molar-refractivity contribution in [2.24, 2.45) is 0 Å². The Kier molecular flexibility index (Phi) is 5.29. The minimum Gasteiger partial charge on any atom is -0.326 e. The molecule has 6 heteroatoms. The third-order valence-corrected chi connectivity index (χ3v) is 5.16. The van der Waals surface area contributed by atoms with Crippen molar-refractivity contribution in [2.45, 2.75) is 20.3 Å². The topological polar surface area (TPSA) is 66.5 Å². The first-order chi connectivity index (χ1) is 11.2. The van der Waals surface area contributed by atoms with E-state index in [4.69, 9.17) is 0 Å². The molecule has 1 N–H and O–H groups in total. The molecule has 0 radical (unpaired) electrons. The average molecular weight is 346 g/mol. The Labute approximate surface area is 143 Å². The van der Waals surface area contributed by atoms with Gasteiger partial charge in [-0.05, 0) is 54.8 Å². The zero-order valence-electron chi connectivity index (χ0n) is 14.3. The highest BCUT2D eigenvalue weighted by Crippen LogP contribution is 2.18. The van der Waals surface area contributed by atoms with Crippen LogP contribution in [0.5, 0.6) is 0 Å². The summed E-state index contributed by atoms with van der Waals surface area (Å²) in [5.41, 5.74) is 4.47. The standard InChI is InChI=1S/C18H22N2O3S/c1-13-5-8-16(11-14(13)2)19-18(21)12-15-6-9-17(10-7-15)20(3)24(4,22)23/h5-11H,12H2,1-4H3,(H,19,21). The molecule has 2 rings (SSSR count). The van der Waals surface area contributed by atoms with Gasteiger partial charge in [0.1, 0.15) is 0 Å². The molecule has 0 bridgehead atoms. The number of hydrogen-bond acceptors (Lipinski definition) is 3. The summed E-state index contributed by atoms with van der Waals surface area (Å²) in [5, 5.41) is 2.87. The van der Waals surface area contributed by atoms with Gasteiger partial charge in [-0.25, -0.2) is 8.42 Å². The van der Waals surface area contributed by atoms with Gasteiger partial charge in [0.2, 0.25) is 15.9 Å². The highest BCUT2D eigenvalue weighted by molar-refractivity contribution is 7.92. The second kappa shape index (κ2) is 7.05. The average Bonchev–Trinajstić information content (AvgIpc) is 2.50. The van der Waals surface area contributed by atoms with Gasteiger partial charge >= 0.3 is 0 Å². The number of amides is 1. The van der Waals surface area contributed by atoms with Crippen molar-refractivity contribution in [3.8, 4) is 0 Å². The maximum absolute atomic E-state index is 12.1. The number of nitrogens with one attached hydrogen (secondary N) is 1. The SMILES string of the molecule is Cc1ccc(NC(=O)Cc2ccc(N(C)S(C)(=O)=O)cc2)cc1C. The van der Waals surface area contributed by atoms with Crippen molar-refractivity contribution < 1.29 is 13.2 Å². The number of anilines is 2. The lowest BCUT2D eigenvalue weighted by Crippen LogP contribution is -2.24. The number of nitrogens with zero attached hydrogens (tertiary/aromatic N) is 1. The van der Waals surface area contributed by atoms with E-state index in [0.29, 0.717) is 5.69 Å². The Balaban J connectivity index is 2.03. The number of hydrogen-bond donors (Lipinski definition) is 1. The van der Waals surface area contributed by atoms with Gasteiger partial charge in [0, 0.05) is 12.7 Å². The molecule has 0 aromatic heterocycles. The Morgan fingerprint density at radius 2 is 1.67 bits per heavy atom. The van der Waals surface area contributed by atoms with Crippen LogP contribution >= 0.6 is 0 Å². The van der Waals surface area contributed by atoms with E-state index in [0.717, 1.165) is 23.1 Å². The van der Waals surface area contributed by atoms with E-state index in [1.54, 1.807) is 24.3 Å². The Bertz CT molecular complexity index is 843. The van der Waals surface area contributed by atoms with Crippen LogP contribution in [0.3, 0.4) is 0 Å². The summed E-state index contributed by atoms with van der Waals surface area (Å²) in [4.78, 5) is 12.1. The minimum absolute atomic E-state index is 0.109. The predicted molar refractivity (Wildman–Crippen MR) is 97.9 cm³/mol. The van der Waals surface area contributed by atoms with E-state index < -0.39 is 10.0 Å². The maximum Gasteiger partial charge on any atom is 0.231 e. The van der Waals surface area contributed by atoms with Gasteiger partial charge in [0.15, 0.2) is 0 Å². The minimum atomic E-state index is -3.29. The molecule has 128 valence electrons. The summed E-state index contributed by atoms with van der Waals surface area (Å²) in [6, 6.07) is 12.7. The molecule has 0 saturated carbocycles. The summed E-state index contributed by atoms with van der Waals surface area (Å²) >= 11 is 0. The molecule has 0 heterocycles. The van der Waals surface area contributed by atoms with Gasteiger partial charge < -0.3 is 5.32 Å². The number of carbonyl (C=O) groups excluding carboxylic acids is 1. The van der Waals surface area contributed by atoms with Crippen LogP contribution in [0, 0.1) is 13.8 Å². The number of aryl methyl sites for hydroxylation is 2. The third kappa shape index (κ3) is 4.58. The lowest BCUT2D eigenvalue weighted by Gasteiger charge is -2.16. The quantitative estimate of drug-likeness (QED) is 0.905. The summed E-state index contributed by atoms with van der Waals surface area (Å²) < 4.78 is 24.2. The van der Waals surface area contributed by atoms with Gasteiger partial charge in [-0.2, -0.15) is 0 Å². The lowest BCUT2D eigenvalue weighted by molar-refractivity contribution is -0.115. The Hall–Kier alpha value is -2.34. The lowest BCUT2D eigenvalue weighted by atomic mass is 10.1. The second-order valence-corrected chi connectivity index (χ2v) is 7.93. The molecule has 0 fully saturated rings. The highest BCUT2D eigenvalue weighted by atomic mass is 32.2. The van der Waals surface area contributed by atoms with Crippen molar-refractivity contribution in [3.63, 3.8) is 0 Å². The molecule has 0 unspecified atom stereocenters. The molecule has 0 aliphatic rings. The number of sulfonamides is 1. The van der Waals surface area contributed by atoms with E-state index in [-0.39, 0.29) is 12.3 Å². The normalized spacial score (nSPS) is 11.2. The molecular weight excluding hydrogens is 324 g/mol. The van der Waals surface area contributed by atoms with Crippen LogP contribution < -0.4 is 9.62 Å². The van der Waals surface area contributed by atoms with Gasteiger partial charge in [0.05, 0.1) is 18.4 Å². The van der Waals surface area contributed by atoms with Crippen molar-refractivity contribution in [1.29, 1.82) is 0 Å². The predicted octanol–water partition coefficient (Wildman–Crippen LogP) is 2.88. The second-order valence-electron chi connectivity index (χ2n) is 5.92. The molecule has 0 aliphatic carbocycles. The van der Waals surface area contributed by atoms with Crippen LogP contribution in [0.1, 0.15) is 16.7 Å². The zero-order valence-corrected chi connectivity index (χ0v) is 15.1. The molecule has 0 aliphatic heterocycles. The first kappa shape index (κ1) is 18.0. The van der Waals surface area contributed by atoms with E-state index in [1.807, 2.05) is 32.0 Å². The smallest absolute Gasteiger partial charge is 0.231 e. The summed E-state index contributed by atoms with van der Waals surface area (Å²) in [6.07, 6.45) is 1.38. The summed E-state index contributed by atoms with van der Waals surface area (Å²) in [5.74, 6) is -0.109. The molecule has 24 heavy (non-hydrogen) atoms. The van der Waals surface area contributed by atoms with Crippen LogP contribution in [0.25, 0.3) is 0 Å². The monoisotopic (exact) mass is 346 g/mol. The first-order valence-corrected chi connectivity index (χ1v) is 9.41. The van der Waals surface area contributed by atoms with Crippen LogP contribution in [0.2, 0.25) is 0 Å². The van der Waals surface area contributed by atoms with E-state index in [2.05, 4.69) is 5.32 Å².